The molecular weight excluding hydrogens is 350 g/mol. The van der Waals surface area contributed by atoms with Crippen molar-refractivity contribution in [2.24, 2.45) is 5.92 Å². The Hall–Kier alpha value is -1.70. The lowest BCUT2D eigenvalue weighted by Gasteiger charge is -2.33. The predicted octanol–water partition coefficient (Wildman–Crippen LogP) is 2.33. The molecule has 26 heavy (non-hydrogen) atoms. The normalized spacial score (nSPS) is 24.9. The Morgan fingerprint density at radius 3 is 2.58 bits per heavy atom. The number of anilines is 2. The molecular formula is C18H27N5O2S. The van der Waals surface area contributed by atoms with E-state index in [0.717, 1.165) is 50.3 Å². The molecule has 1 aromatic rings. The fourth-order valence-electron chi connectivity index (χ4n) is 4.23. The van der Waals surface area contributed by atoms with Gasteiger partial charge in [0.15, 0.2) is 0 Å². The van der Waals surface area contributed by atoms with Crippen molar-refractivity contribution in [3.8, 4) is 0 Å². The maximum atomic E-state index is 12.7. The lowest BCUT2D eigenvalue weighted by molar-refractivity contribution is -0.126. The molecule has 0 bridgehead atoms. The Labute approximate surface area is 158 Å². The average molecular weight is 378 g/mol. The third-order valence-corrected chi connectivity index (χ3v) is 6.73. The summed E-state index contributed by atoms with van der Waals surface area (Å²) in [6, 6.07) is 0.362. The standard InChI is InChI=1S/C18H27N5O2S/c24-15-9-5-11-23(15)18-21-20-17(26-18)22-10-4-6-13(12-22)16(25)19-14-7-2-1-3-8-14/h13-14H,1-12H2,(H,19,25)/t13-/m0/s1. The van der Waals surface area contributed by atoms with Crippen LogP contribution < -0.4 is 15.1 Å². The van der Waals surface area contributed by atoms with Gasteiger partial charge in [0.25, 0.3) is 0 Å². The highest BCUT2D eigenvalue weighted by Gasteiger charge is 2.31. The molecule has 142 valence electrons. The Kier molecular flexibility index (Phi) is 5.38. The van der Waals surface area contributed by atoms with Gasteiger partial charge in [0.1, 0.15) is 0 Å². The number of hydrogen-bond donors (Lipinski definition) is 1. The topological polar surface area (TPSA) is 78.4 Å². The zero-order valence-electron chi connectivity index (χ0n) is 15.2. The first kappa shape index (κ1) is 17.7. The van der Waals surface area contributed by atoms with Gasteiger partial charge in [-0.25, -0.2) is 0 Å². The summed E-state index contributed by atoms with van der Waals surface area (Å²) in [7, 11) is 0. The van der Waals surface area contributed by atoms with E-state index in [9.17, 15) is 9.59 Å². The summed E-state index contributed by atoms with van der Waals surface area (Å²) in [5.74, 6) is 0.351. The number of piperidine rings is 1. The summed E-state index contributed by atoms with van der Waals surface area (Å²) < 4.78 is 0. The number of amides is 2. The van der Waals surface area contributed by atoms with Crippen molar-refractivity contribution in [3.63, 3.8) is 0 Å². The molecule has 4 rings (SSSR count). The second-order valence-electron chi connectivity index (χ2n) is 7.64. The smallest absolute Gasteiger partial charge is 0.228 e. The fourth-order valence-corrected chi connectivity index (χ4v) is 5.15. The molecule has 2 amide bonds. The largest absolute Gasteiger partial charge is 0.353 e. The zero-order valence-corrected chi connectivity index (χ0v) is 16.0. The number of carbonyl (C=O) groups excluding carboxylic acids is 2. The number of rotatable bonds is 4. The van der Waals surface area contributed by atoms with E-state index in [4.69, 9.17) is 0 Å². The Bertz CT molecular complexity index is 658. The van der Waals surface area contributed by atoms with Gasteiger partial charge in [-0.15, -0.1) is 10.2 Å². The lowest BCUT2D eigenvalue weighted by atomic mass is 9.93. The van der Waals surface area contributed by atoms with Crippen molar-refractivity contribution < 1.29 is 9.59 Å². The molecule has 1 aliphatic carbocycles. The molecule has 0 spiro atoms. The SMILES string of the molecule is O=C(NC1CCCCC1)[C@H]1CCCN(c2nnc(N3CCCC3=O)s2)C1. The molecule has 3 aliphatic rings. The minimum Gasteiger partial charge on any atom is -0.353 e. The van der Waals surface area contributed by atoms with E-state index in [1.807, 2.05) is 0 Å². The predicted molar refractivity (Wildman–Crippen MR) is 101 cm³/mol. The first-order valence-electron chi connectivity index (χ1n) is 9.90. The van der Waals surface area contributed by atoms with Crippen LogP contribution in [-0.4, -0.2) is 47.7 Å². The van der Waals surface area contributed by atoms with Gasteiger partial charge in [-0.05, 0) is 32.1 Å². The second kappa shape index (κ2) is 7.90. The van der Waals surface area contributed by atoms with Crippen molar-refractivity contribution in [2.45, 2.75) is 63.8 Å². The average Bonchev–Trinajstić information content (AvgIpc) is 3.31. The van der Waals surface area contributed by atoms with Crippen LogP contribution >= 0.6 is 11.3 Å². The molecule has 0 unspecified atom stereocenters. The number of nitrogens with one attached hydrogen (secondary N) is 1. The lowest BCUT2D eigenvalue weighted by Crippen LogP contribution is -2.46. The van der Waals surface area contributed by atoms with Crippen molar-refractivity contribution in [1.82, 2.24) is 15.5 Å². The van der Waals surface area contributed by atoms with Crippen LogP contribution in [0.15, 0.2) is 0 Å². The molecule has 2 aliphatic heterocycles. The van der Waals surface area contributed by atoms with Gasteiger partial charge < -0.3 is 10.2 Å². The molecule has 0 aromatic carbocycles. The summed E-state index contributed by atoms with van der Waals surface area (Å²) in [4.78, 5) is 28.5. The van der Waals surface area contributed by atoms with E-state index >= 15 is 0 Å². The molecule has 8 heteroatoms. The van der Waals surface area contributed by atoms with Crippen LogP contribution in [0, 0.1) is 5.92 Å². The third kappa shape index (κ3) is 3.84. The van der Waals surface area contributed by atoms with Crippen LogP contribution in [0.1, 0.15) is 57.8 Å². The van der Waals surface area contributed by atoms with E-state index < -0.39 is 0 Å². The maximum absolute atomic E-state index is 12.7. The Balaban J connectivity index is 1.36. The van der Waals surface area contributed by atoms with E-state index in [1.54, 1.807) is 4.90 Å². The van der Waals surface area contributed by atoms with Crippen molar-refractivity contribution >= 4 is 33.4 Å². The molecule has 7 nitrogen and oxygen atoms in total. The van der Waals surface area contributed by atoms with Crippen molar-refractivity contribution in [1.29, 1.82) is 0 Å². The van der Waals surface area contributed by atoms with Crippen LogP contribution in [-0.2, 0) is 9.59 Å². The zero-order chi connectivity index (χ0) is 17.9. The molecule has 3 heterocycles. The Morgan fingerprint density at radius 2 is 1.81 bits per heavy atom. The van der Waals surface area contributed by atoms with Crippen LogP contribution in [0.2, 0.25) is 0 Å². The van der Waals surface area contributed by atoms with E-state index in [-0.39, 0.29) is 17.7 Å². The van der Waals surface area contributed by atoms with Gasteiger partial charge in [-0.1, -0.05) is 30.6 Å². The number of nitrogens with zero attached hydrogens (tertiary/aromatic N) is 4. The highest BCUT2D eigenvalue weighted by Crippen LogP contribution is 2.32. The van der Waals surface area contributed by atoms with E-state index in [2.05, 4.69) is 20.4 Å². The molecule has 1 saturated carbocycles. The quantitative estimate of drug-likeness (QED) is 0.871. The summed E-state index contributed by atoms with van der Waals surface area (Å²) in [5.41, 5.74) is 0. The number of carbonyl (C=O) groups is 2. The van der Waals surface area contributed by atoms with Gasteiger partial charge >= 0.3 is 0 Å². The van der Waals surface area contributed by atoms with Crippen LogP contribution in [0.5, 0.6) is 0 Å². The van der Waals surface area contributed by atoms with Crippen LogP contribution in [0.4, 0.5) is 10.3 Å². The maximum Gasteiger partial charge on any atom is 0.228 e. The fraction of sp³-hybridized carbons (Fsp3) is 0.778. The summed E-state index contributed by atoms with van der Waals surface area (Å²) >= 11 is 1.47. The summed E-state index contributed by atoms with van der Waals surface area (Å²) in [6.45, 7) is 2.33. The molecule has 1 atom stereocenters. The summed E-state index contributed by atoms with van der Waals surface area (Å²) in [6.07, 6.45) is 9.39. The molecule has 2 saturated heterocycles. The third-order valence-electron chi connectivity index (χ3n) is 5.72. The van der Waals surface area contributed by atoms with Gasteiger partial charge in [0.05, 0.1) is 5.92 Å². The highest BCUT2D eigenvalue weighted by atomic mass is 32.1. The van der Waals surface area contributed by atoms with Gasteiger partial charge in [-0.3, -0.25) is 14.5 Å². The van der Waals surface area contributed by atoms with Crippen LogP contribution in [0.25, 0.3) is 0 Å². The minimum absolute atomic E-state index is 0.0199. The molecule has 0 radical (unpaired) electrons. The number of hydrogen-bond acceptors (Lipinski definition) is 6. The Morgan fingerprint density at radius 1 is 1.00 bits per heavy atom. The molecule has 1 N–H and O–H groups in total. The van der Waals surface area contributed by atoms with Gasteiger partial charge in [-0.2, -0.15) is 0 Å². The van der Waals surface area contributed by atoms with Crippen molar-refractivity contribution in [3.05, 3.63) is 0 Å². The van der Waals surface area contributed by atoms with Crippen molar-refractivity contribution in [2.75, 3.05) is 29.4 Å². The summed E-state index contributed by atoms with van der Waals surface area (Å²) in [5, 5.41) is 13.3. The first-order valence-corrected chi connectivity index (χ1v) is 10.7. The monoisotopic (exact) mass is 377 g/mol. The highest BCUT2D eigenvalue weighted by molar-refractivity contribution is 7.19. The first-order chi connectivity index (χ1) is 12.7. The molecule has 1 aromatic heterocycles. The van der Waals surface area contributed by atoms with Gasteiger partial charge in [0, 0.05) is 32.1 Å². The van der Waals surface area contributed by atoms with Gasteiger partial charge in [0.2, 0.25) is 22.1 Å². The van der Waals surface area contributed by atoms with E-state index in [0.29, 0.717) is 24.1 Å². The second-order valence-corrected chi connectivity index (χ2v) is 8.58. The van der Waals surface area contributed by atoms with E-state index in [1.165, 1.54) is 30.6 Å². The number of aromatic nitrogens is 2. The minimum atomic E-state index is 0.0199. The molecule has 3 fully saturated rings. The van der Waals surface area contributed by atoms with Crippen LogP contribution in [0.3, 0.4) is 0 Å².